The Kier molecular flexibility index (Phi) is 8.32. The fourth-order valence-electron chi connectivity index (χ4n) is 4.87. The van der Waals surface area contributed by atoms with Crippen molar-refractivity contribution in [2.75, 3.05) is 36.8 Å². The molecule has 194 valence electrons. The topological polar surface area (TPSA) is 71.4 Å². The van der Waals surface area contributed by atoms with Crippen molar-refractivity contribution in [1.29, 1.82) is 5.26 Å². The number of rotatable bonds is 8. The monoisotopic (exact) mass is 513 g/mol. The molecule has 0 aliphatic carbocycles. The lowest BCUT2D eigenvalue weighted by Gasteiger charge is -2.39. The second kappa shape index (κ2) is 12.6. The first-order valence-corrected chi connectivity index (χ1v) is 13.1. The number of nitriles is 1. The largest absolute Gasteiger partial charge is 0.360 e. The van der Waals surface area contributed by atoms with Gasteiger partial charge in [0.25, 0.3) is 5.91 Å². The van der Waals surface area contributed by atoms with Crippen LogP contribution in [0.1, 0.15) is 17.2 Å². The SMILES string of the molecule is N#C/C(=C/Nc1ccc(Nc2ccccc2)cc1)C(=O)N1CCN(C(c2ccccc2)c2ccccc2)CC1. The van der Waals surface area contributed by atoms with Gasteiger partial charge < -0.3 is 15.5 Å². The van der Waals surface area contributed by atoms with Gasteiger partial charge in [0.05, 0.1) is 6.04 Å². The Morgan fingerprint density at radius 3 is 1.72 bits per heavy atom. The van der Waals surface area contributed by atoms with Crippen LogP contribution in [0.5, 0.6) is 0 Å². The summed E-state index contributed by atoms with van der Waals surface area (Å²) in [4.78, 5) is 17.4. The highest BCUT2D eigenvalue weighted by Crippen LogP contribution is 2.29. The molecule has 0 bridgehead atoms. The van der Waals surface area contributed by atoms with E-state index >= 15 is 0 Å². The van der Waals surface area contributed by atoms with Gasteiger partial charge in [-0.3, -0.25) is 9.69 Å². The van der Waals surface area contributed by atoms with E-state index in [2.05, 4.69) is 70.1 Å². The minimum atomic E-state index is -0.247. The van der Waals surface area contributed by atoms with E-state index in [0.29, 0.717) is 13.1 Å². The third kappa shape index (κ3) is 6.53. The van der Waals surface area contributed by atoms with Crippen LogP contribution in [0.25, 0.3) is 0 Å². The molecule has 0 unspecified atom stereocenters. The summed E-state index contributed by atoms with van der Waals surface area (Å²) in [5, 5.41) is 16.2. The first-order chi connectivity index (χ1) is 19.2. The highest BCUT2D eigenvalue weighted by molar-refractivity contribution is 5.97. The number of carbonyl (C=O) groups excluding carboxylic acids is 1. The average molecular weight is 514 g/mol. The number of carbonyl (C=O) groups is 1. The molecule has 0 saturated carbocycles. The Bertz CT molecular complexity index is 1380. The molecular weight excluding hydrogens is 482 g/mol. The van der Waals surface area contributed by atoms with Gasteiger partial charge in [-0.2, -0.15) is 5.26 Å². The zero-order valence-corrected chi connectivity index (χ0v) is 21.7. The lowest BCUT2D eigenvalue weighted by Crippen LogP contribution is -2.50. The lowest BCUT2D eigenvalue weighted by molar-refractivity contribution is -0.128. The van der Waals surface area contributed by atoms with Crippen LogP contribution in [0, 0.1) is 11.3 Å². The Balaban J connectivity index is 1.20. The molecule has 5 rings (SSSR count). The molecule has 1 heterocycles. The van der Waals surface area contributed by atoms with Gasteiger partial charge in [0.1, 0.15) is 11.6 Å². The number of nitrogens with one attached hydrogen (secondary N) is 2. The van der Waals surface area contributed by atoms with Gasteiger partial charge in [-0.05, 0) is 47.5 Å². The summed E-state index contributed by atoms with van der Waals surface area (Å²) in [6, 6.07) is 40.8. The molecule has 0 radical (unpaired) electrons. The smallest absolute Gasteiger partial charge is 0.266 e. The summed E-state index contributed by atoms with van der Waals surface area (Å²) < 4.78 is 0. The molecule has 6 heteroatoms. The summed E-state index contributed by atoms with van der Waals surface area (Å²) in [6.45, 7) is 2.58. The van der Waals surface area contributed by atoms with Crippen LogP contribution < -0.4 is 10.6 Å². The molecule has 1 amide bonds. The zero-order valence-electron chi connectivity index (χ0n) is 21.7. The Labute approximate surface area is 229 Å². The van der Waals surface area contributed by atoms with Crippen LogP contribution in [0.15, 0.2) is 127 Å². The van der Waals surface area contributed by atoms with Crippen LogP contribution in [-0.2, 0) is 4.79 Å². The molecule has 1 aliphatic rings. The fourth-order valence-corrected chi connectivity index (χ4v) is 4.87. The number of para-hydroxylation sites is 1. The van der Waals surface area contributed by atoms with Gasteiger partial charge in [-0.25, -0.2) is 0 Å². The maximum Gasteiger partial charge on any atom is 0.266 e. The second-order valence-corrected chi connectivity index (χ2v) is 9.43. The second-order valence-electron chi connectivity index (χ2n) is 9.43. The van der Waals surface area contributed by atoms with Crippen LogP contribution >= 0.6 is 0 Å². The van der Waals surface area contributed by atoms with E-state index in [-0.39, 0.29) is 17.5 Å². The molecule has 6 nitrogen and oxygen atoms in total. The fraction of sp³-hybridized carbons (Fsp3) is 0.152. The van der Waals surface area contributed by atoms with Crippen molar-refractivity contribution < 1.29 is 4.79 Å². The van der Waals surface area contributed by atoms with Crippen molar-refractivity contribution in [3.8, 4) is 6.07 Å². The maximum absolute atomic E-state index is 13.2. The van der Waals surface area contributed by atoms with E-state index in [1.165, 1.54) is 17.3 Å². The van der Waals surface area contributed by atoms with E-state index in [4.69, 9.17) is 0 Å². The van der Waals surface area contributed by atoms with Gasteiger partial charge in [-0.1, -0.05) is 78.9 Å². The summed E-state index contributed by atoms with van der Waals surface area (Å²) in [5.74, 6) is -0.247. The molecule has 1 fully saturated rings. The molecule has 4 aromatic rings. The van der Waals surface area contributed by atoms with Crippen LogP contribution in [0.2, 0.25) is 0 Å². The number of hydrogen-bond acceptors (Lipinski definition) is 5. The van der Waals surface area contributed by atoms with E-state index < -0.39 is 0 Å². The minimum Gasteiger partial charge on any atom is -0.360 e. The molecule has 0 atom stereocenters. The summed E-state index contributed by atoms with van der Waals surface area (Å²) in [6.07, 6.45) is 1.51. The number of amides is 1. The van der Waals surface area contributed by atoms with E-state index in [9.17, 15) is 10.1 Å². The van der Waals surface area contributed by atoms with Crippen LogP contribution in [0.3, 0.4) is 0 Å². The van der Waals surface area contributed by atoms with Crippen molar-refractivity contribution in [3.05, 3.63) is 138 Å². The van der Waals surface area contributed by atoms with Gasteiger partial charge >= 0.3 is 0 Å². The summed E-state index contributed by atoms with van der Waals surface area (Å²) in [5.41, 5.74) is 5.32. The highest BCUT2D eigenvalue weighted by Gasteiger charge is 2.29. The molecule has 39 heavy (non-hydrogen) atoms. The predicted octanol–water partition coefficient (Wildman–Crippen LogP) is 6.18. The van der Waals surface area contributed by atoms with Crippen LogP contribution in [-0.4, -0.2) is 41.9 Å². The average Bonchev–Trinajstić information content (AvgIpc) is 3.00. The number of piperazine rings is 1. The lowest BCUT2D eigenvalue weighted by atomic mass is 9.96. The Morgan fingerprint density at radius 1 is 0.692 bits per heavy atom. The molecule has 4 aromatic carbocycles. The van der Waals surface area contributed by atoms with Crippen molar-refractivity contribution in [2.24, 2.45) is 0 Å². The maximum atomic E-state index is 13.2. The third-order valence-electron chi connectivity index (χ3n) is 6.88. The Hall–Kier alpha value is -4.86. The summed E-state index contributed by atoms with van der Waals surface area (Å²) in [7, 11) is 0. The minimum absolute atomic E-state index is 0.0950. The van der Waals surface area contributed by atoms with Gasteiger partial charge in [-0.15, -0.1) is 0 Å². The van der Waals surface area contributed by atoms with Crippen molar-refractivity contribution in [2.45, 2.75) is 6.04 Å². The molecular formula is C33H31N5O. The molecule has 0 aromatic heterocycles. The molecule has 0 spiro atoms. The number of hydrogen-bond donors (Lipinski definition) is 2. The van der Waals surface area contributed by atoms with Gasteiger partial charge in [0, 0.05) is 49.4 Å². The highest BCUT2D eigenvalue weighted by atomic mass is 16.2. The Morgan fingerprint density at radius 2 is 1.18 bits per heavy atom. The zero-order chi connectivity index (χ0) is 26.9. The first kappa shape index (κ1) is 25.8. The van der Waals surface area contributed by atoms with Gasteiger partial charge in [0.2, 0.25) is 0 Å². The molecule has 1 aliphatic heterocycles. The predicted molar refractivity (Wildman–Crippen MR) is 156 cm³/mol. The number of anilines is 3. The molecule has 2 N–H and O–H groups in total. The van der Waals surface area contributed by atoms with Crippen molar-refractivity contribution in [1.82, 2.24) is 9.80 Å². The standard InChI is InChI=1S/C33H31N5O/c34-24-28(25-35-29-16-18-31(19-17-29)36-30-14-8-3-9-15-30)33(39)38-22-20-37(21-23-38)32(26-10-4-1-5-11-26)27-12-6-2-7-13-27/h1-19,25,32,35-36H,20-23H2/b28-25-. The van der Waals surface area contributed by atoms with Crippen molar-refractivity contribution in [3.63, 3.8) is 0 Å². The normalized spacial score (nSPS) is 14.1. The summed E-state index contributed by atoms with van der Waals surface area (Å²) >= 11 is 0. The number of benzene rings is 4. The van der Waals surface area contributed by atoms with E-state index in [0.717, 1.165) is 30.2 Å². The molecule has 1 saturated heterocycles. The quantitative estimate of drug-likeness (QED) is 0.217. The first-order valence-electron chi connectivity index (χ1n) is 13.1. The van der Waals surface area contributed by atoms with E-state index in [1.807, 2.05) is 66.7 Å². The number of nitrogens with zero attached hydrogens (tertiary/aromatic N) is 3. The van der Waals surface area contributed by atoms with Crippen LogP contribution in [0.4, 0.5) is 17.1 Å². The van der Waals surface area contributed by atoms with Gasteiger partial charge in [0.15, 0.2) is 0 Å². The van der Waals surface area contributed by atoms with Crippen molar-refractivity contribution >= 4 is 23.0 Å². The van der Waals surface area contributed by atoms with E-state index in [1.54, 1.807) is 4.90 Å². The third-order valence-corrected chi connectivity index (χ3v) is 6.88.